The van der Waals surface area contributed by atoms with Gasteiger partial charge in [-0.3, -0.25) is 0 Å². The summed E-state index contributed by atoms with van der Waals surface area (Å²) in [7, 11) is 0. The number of rotatable bonds is 5. The third-order valence-electron chi connectivity index (χ3n) is 4.52. The van der Waals surface area contributed by atoms with Crippen molar-refractivity contribution in [2.45, 2.75) is 50.5 Å². The summed E-state index contributed by atoms with van der Waals surface area (Å²) in [5.41, 5.74) is 0. The van der Waals surface area contributed by atoms with Gasteiger partial charge in [-0.25, -0.2) is 0 Å². The van der Waals surface area contributed by atoms with E-state index in [1.807, 2.05) is 0 Å². The highest BCUT2D eigenvalue weighted by Gasteiger charge is 2.56. The summed E-state index contributed by atoms with van der Waals surface area (Å²) >= 11 is 0. The zero-order valence-electron chi connectivity index (χ0n) is 10.1. The molecule has 2 atom stereocenters. The molecule has 3 aliphatic rings. The molecule has 4 heteroatoms. The highest BCUT2D eigenvalue weighted by molar-refractivity contribution is 5.15. The smallest absolute Gasteiger partial charge is 0.220 e. The third-order valence-corrected chi connectivity index (χ3v) is 4.52. The Bertz CT molecular complexity index is 403. The predicted molar refractivity (Wildman–Crippen MR) is 62.6 cm³/mol. The van der Waals surface area contributed by atoms with Crippen LogP contribution in [-0.2, 0) is 6.42 Å². The highest BCUT2D eigenvalue weighted by Crippen LogP contribution is 2.62. The number of aromatic nitrogens is 2. The lowest BCUT2D eigenvalue weighted by Gasteiger charge is -1.98. The molecule has 2 unspecified atom stereocenters. The molecular formula is C13H19N3O. The van der Waals surface area contributed by atoms with Crippen LogP contribution in [0, 0.1) is 11.8 Å². The standard InChI is InChI=1S/C13H19N3O/c1-2-9-10(3-1)12(9)13-16-15-11(17-13)6-7-14-8-4-5-8/h8-10,12,14H,1-7H2. The van der Waals surface area contributed by atoms with E-state index in [9.17, 15) is 0 Å². The molecule has 1 aromatic rings. The van der Waals surface area contributed by atoms with E-state index in [-0.39, 0.29) is 0 Å². The first-order chi connectivity index (χ1) is 8.42. The molecule has 4 rings (SSSR count). The van der Waals surface area contributed by atoms with E-state index >= 15 is 0 Å². The maximum Gasteiger partial charge on any atom is 0.220 e. The summed E-state index contributed by atoms with van der Waals surface area (Å²) in [6.45, 7) is 0.976. The molecule has 0 radical (unpaired) electrons. The molecule has 1 N–H and O–H groups in total. The lowest BCUT2D eigenvalue weighted by molar-refractivity contribution is 0.428. The van der Waals surface area contributed by atoms with E-state index in [4.69, 9.17) is 4.42 Å². The number of hydrogen-bond acceptors (Lipinski definition) is 4. The van der Waals surface area contributed by atoms with Crippen molar-refractivity contribution in [3.8, 4) is 0 Å². The molecule has 3 saturated carbocycles. The van der Waals surface area contributed by atoms with E-state index in [1.165, 1.54) is 32.1 Å². The van der Waals surface area contributed by atoms with Gasteiger partial charge >= 0.3 is 0 Å². The number of nitrogens with one attached hydrogen (secondary N) is 1. The van der Waals surface area contributed by atoms with Crippen molar-refractivity contribution in [1.29, 1.82) is 0 Å². The van der Waals surface area contributed by atoms with Crippen LogP contribution in [-0.4, -0.2) is 22.8 Å². The SMILES string of the molecule is C1CC2C(C1)C2c1nnc(CCNC2CC2)o1. The average Bonchev–Trinajstić information content (AvgIpc) is 3.17. The Balaban J connectivity index is 1.33. The van der Waals surface area contributed by atoms with Gasteiger partial charge in [-0.2, -0.15) is 0 Å². The second-order valence-corrected chi connectivity index (χ2v) is 5.80. The number of fused-ring (bicyclic) bond motifs is 1. The molecule has 0 spiro atoms. The molecular weight excluding hydrogens is 214 g/mol. The van der Waals surface area contributed by atoms with Gasteiger partial charge in [0.2, 0.25) is 11.8 Å². The first-order valence-electron chi connectivity index (χ1n) is 6.97. The normalized spacial score (nSPS) is 34.9. The minimum absolute atomic E-state index is 0.612. The molecule has 0 amide bonds. The van der Waals surface area contributed by atoms with Crippen LogP contribution in [0.1, 0.15) is 49.8 Å². The van der Waals surface area contributed by atoms with E-state index in [0.717, 1.165) is 42.6 Å². The largest absolute Gasteiger partial charge is 0.425 e. The lowest BCUT2D eigenvalue weighted by atomic mass is 10.1. The lowest BCUT2D eigenvalue weighted by Crippen LogP contribution is -2.19. The van der Waals surface area contributed by atoms with Gasteiger partial charge < -0.3 is 9.73 Å². The zero-order valence-corrected chi connectivity index (χ0v) is 10.1. The Morgan fingerprint density at radius 1 is 1.12 bits per heavy atom. The van der Waals surface area contributed by atoms with Gasteiger partial charge in [0.1, 0.15) is 0 Å². The second kappa shape index (κ2) is 3.80. The molecule has 1 aromatic heterocycles. The quantitative estimate of drug-likeness (QED) is 0.843. The van der Waals surface area contributed by atoms with E-state index in [0.29, 0.717) is 5.92 Å². The van der Waals surface area contributed by atoms with Crippen LogP contribution in [0.15, 0.2) is 4.42 Å². The summed E-state index contributed by atoms with van der Waals surface area (Å²) < 4.78 is 5.78. The summed E-state index contributed by atoms with van der Waals surface area (Å²) in [6.07, 6.45) is 7.69. The minimum atomic E-state index is 0.612. The first-order valence-corrected chi connectivity index (χ1v) is 6.97. The number of hydrogen-bond donors (Lipinski definition) is 1. The van der Waals surface area contributed by atoms with Crippen molar-refractivity contribution in [1.82, 2.24) is 15.5 Å². The van der Waals surface area contributed by atoms with Crippen LogP contribution in [0.25, 0.3) is 0 Å². The Kier molecular flexibility index (Phi) is 2.25. The van der Waals surface area contributed by atoms with Gasteiger partial charge in [-0.15, -0.1) is 10.2 Å². The Morgan fingerprint density at radius 3 is 2.71 bits per heavy atom. The maximum absolute atomic E-state index is 5.78. The molecule has 3 fully saturated rings. The fourth-order valence-electron chi connectivity index (χ4n) is 3.36. The topological polar surface area (TPSA) is 51.0 Å². The molecule has 3 aliphatic carbocycles. The summed E-state index contributed by atoms with van der Waals surface area (Å²) in [6, 6.07) is 0.764. The average molecular weight is 233 g/mol. The first kappa shape index (κ1) is 10.1. The third kappa shape index (κ3) is 1.88. The Morgan fingerprint density at radius 2 is 1.94 bits per heavy atom. The van der Waals surface area contributed by atoms with Crippen LogP contribution in [0.5, 0.6) is 0 Å². The van der Waals surface area contributed by atoms with Gasteiger partial charge in [0.05, 0.1) is 0 Å². The van der Waals surface area contributed by atoms with E-state index in [1.54, 1.807) is 0 Å². The van der Waals surface area contributed by atoms with Crippen molar-refractivity contribution < 1.29 is 4.42 Å². The molecule has 92 valence electrons. The van der Waals surface area contributed by atoms with E-state index in [2.05, 4.69) is 15.5 Å². The summed E-state index contributed by atoms with van der Waals surface area (Å²) in [5, 5.41) is 11.9. The Labute approximate surface area is 101 Å². The van der Waals surface area contributed by atoms with Gasteiger partial charge in [0.15, 0.2) is 0 Å². The van der Waals surface area contributed by atoms with Crippen LogP contribution < -0.4 is 5.32 Å². The van der Waals surface area contributed by atoms with Crippen molar-refractivity contribution >= 4 is 0 Å². The zero-order chi connectivity index (χ0) is 11.2. The molecule has 17 heavy (non-hydrogen) atoms. The van der Waals surface area contributed by atoms with E-state index < -0.39 is 0 Å². The highest BCUT2D eigenvalue weighted by atomic mass is 16.4. The monoisotopic (exact) mass is 233 g/mol. The predicted octanol–water partition coefficient (Wildman–Crippen LogP) is 1.88. The van der Waals surface area contributed by atoms with Crippen molar-refractivity contribution in [3.05, 3.63) is 11.8 Å². The van der Waals surface area contributed by atoms with Gasteiger partial charge in [-0.05, 0) is 37.5 Å². The molecule has 4 nitrogen and oxygen atoms in total. The molecule has 1 heterocycles. The van der Waals surface area contributed by atoms with Gasteiger partial charge in [-0.1, -0.05) is 6.42 Å². The molecule has 0 saturated heterocycles. The summed E-state index contributed by atoms with van der Waals surface area (Å²) in [5.74, 6) is 4.08. The van der Waals surface area contributed by atoms with Gasteiger partial charge in [0, 0.05) is 24.9 Å². The van der Waals surface area contributed by atoms with Gasteiger partial charge in [0.25, 0.3) is 0 Å². The maximum atomic E-state index is 5.78. The van der Waals surface area contributed by atoms with Crippen molar-refractivity contribution in [2.75, 3.05) is 6.54 Å². The molecule has 0 bridgehead atoms. The molecule has 0 aliphatic heterocycles. The Hall–Kier alpha value is -0.900. The fourth-order valence-corrected chi connectivity index (χ4v) is 3.36. The van der Waals surface area contributed by atoms with Crippen molar-refractivity contribution in [3.63, 3.8) is 0 Å². The van der Waals surface area contributed by atoms with Crippen LogP contribution >= 0.6 is 0 Å². The minimum Gasteiger partial charge on any atom is -0.425 e. The molecule has 0 aromatic carbocycles. The number of nitrogens with zero attached hydrogens (tertiary/aromatic N) is 2. The van der Waals surface area contributed by atoms with Crippen LogP contribution in [0.4, 0.5) is 0 Å². The second-order valence-electron chi connectivity index (χ2n) is 5.80. The fraction of sp³-hybridized carbons (Fsp3) is 0.846. The summed E-state index contributed by atoms with van der Waals surface area (Å²) in [4.78, 5) is 0. The van der Waals surface area contributed by atoms with Crippen LogP contribution in [0.3, 0.4) is 0 Å². The van der Waals surface area contributed by atoms with Crippen LogP contribution in [0.2, 0.25) is 0 Å². The van der Waals surface area contributed by atoms with Crippen molar-refractivity contribution in [2.24, 2.45) is 11.8 Å².